The molecule has 0 spiro atoms. The van der Waals surface area contributed by atoms with Gasteiger partial charge in [-0.15, -0.1) is 0 Å². The number of carbonyl (C=O) groups excluding carboxylic acids is 2. The first kappa shape index (κ1) is 17.6. The third-order valence-corrected chi connectivity index (χ3v) is 5.71. The molecule has 1 amide bonds. The Labute approximate surface area is 159 Å². The molecule has 1 fully saturated rings. The van der Waals surface area contributed by atoms with Crippen molar-refractivity contribution in [2.75, 3.05) is 12.4 Å². The molecule has 1 aliphatic rings. The number of benzene rings is 2. The highest BCUT2D eigenvalue weighted by Gasteiger charge is 2.49. The van der Waals surface area contributed by atoms with Gasteiger partial charge in [-0.1, -0.05) is 29.5 Å². The van der Waals surface area contributed by atoms with E-state index in [1.165, 1.54) is 24.5 Å². The van der Waals surface area contributed by atoms with Gasteiger partial charge in [0.25, 0.3) is 0 Å². The van der Waals surface area contributed by atoms with Crippen LogP contribution in [0.4, 0.5) is 9.52 Å². The van der Waals surface area contributed by atoms with E-state index >= 15 is 0 Å². The van der Waals surface area contributed by atoms with Crippen molar-refractivity contribution in [1.82, 2.24) is 4.98 Å². The summed E-state index contributed by atoms with van der Waals surface area (Å²) in [6, 6.07) is 10.5. The van der Waals surface area contributed by atoms with Crippen molar-refractivity contribution >= 4 is 38.6 Å². The number of nitrogens with one attached hydrogen (secondary N) is 1. The number of carbonyl (C=O) groups is 2. The molecule has 5 nitrogen and oxygen atoms in total. The molecule has 27 heavy (non-hydrogen) atoms. The molecule has 0 bridgehead atoms. The molecule has 3 aromatic rings. The molecule has 2 atom stereocenters. The molecule has 2 unspecified atom stereocenters. The Morgan fingerprint density at radius 2 is 2.07 bits per heavy atom. The van der Waals surface area contributed by atoms with E-state index in [1.54, 1.807) is 6.07 Å². The molecule has 7 heteroatoms. The molecular formula is C20H17FN2O3S. The van der Waals surface area contributed by atoms with E-state index in [1.807, 2.05) is 31.2 Å². The Bertz CT molecular complexity index is 1040. The third-order valence-electron chi connectivity index (χ3n) is 4.76. The number of nitrogens with zero attached hydrogens (tertiary/aromatic N) is 1. The van der Waals surface area contributed by atoms with Gasteiger partial charge in [0.1, 0.15) is 5.82 Å². The molecule has 1 N–H and O–H groups in total. The standard InChI is InChI=1S/C20H17FN2O3S/c1-10-4-3-5-14(21)17(10)11-6-7-16-15(8-11)22-20(27-16)23-18(24)12-9-13(12)19(25)26-2/h3-8,12-13H,9H2,1-2H3,(H,22,23,24). The molecular weight excluding hydrogens is 367 g/mol. The number of thiazole rings is 1. The van der Waals surface area contributed by atoms with E-state index in [9.17, 15) is 14.0 Å². The number of fused-ring (bicyclic) bond motifs is 1. The number of hydrogen-bond acceptors (Lipinski definition) is 5. The van der Waals surface area contributed by atoms with E-state index in [4.69, 9.17) is 0 Å². The van der Waals surface area contributed by atoms with Crippen molar-refractivity contribution in [3.8, 4) is 11.1 Å². The first-order valence-corrected chi connectivity index (χ1v) is 9.34. The second kappa shape index (κ2) is 6.74. The number of methoxy groups -OCH3 is 1. The predicted octanol–water partition coefficient (Wildman–Crippen LogP) is 4.16. The maximum Gasteiger partial charge on any atom is 0.309 e. The molecule has 0 aliphatic heterocycles. The minimum absolute atomic E-state index is 0.227. The molecule has 0 radical (unpaired) electrons. The van der Waals surface area contributed by atoms with Gasteiger partial charge in [-0.25, -0.2) is 9.37 Å². The molecule has 4 rings (SSSR count). The normalized spacial score (nSPS) is 18.3. The van der Waals surface area contributed by atoms with E-state index in [0.717, 1.165) is 15.8 Å². The summed E-state index contributed by atoms with van der Waals surface area (Å²) in [5.41, 5.74) is 2.84. The van der Waals surface area contributed by atoms with Crippen LogP contribution >= 0.6 is 11.3 Å². The highest BCUT2D eigenvalue weighted by atomic mass is 32.1. The fourth-order valence-electron chi connectivity index (χ4n) is 3.23. The van der Waals surface area contributed by atoms with Gasteiger partial charge in [-0.05, 0) is 42.7 Å². The van der Waals surface area contributed by atoms with Crippen molar-refractivity contribution in [3.05, 3.63) is 47.8 Å². The maximum absolute atomic E-state index is 14.2. The topological polar surface area (TPSA) is 68.3 Å². The lowest BCUT2D eigenvalue weighted by atomic mass is 10.00. The molecule has 1 aliphatic carbocycles. The minimum Gasteiger partial charge on any atom is -0.469 e. The molecule has 1 aromatic heterocycles. The van der Waals surface area contributed by atoms with Gasteiger partial charge in [0.15, 0.2) is 5.13 Å². The number of amides is 1. The van der Waals surface area contributed by atoms with Crippen molar-refractivity contribution in [2.45, 2.75) is 13.3 Å². The number of halogens is 1. The lowest BCUT2D eigenvalue weighted by Gasteiger charge is -2.07. The Morgan fingerprint density at radius 3 is 2.81 bits per heavy atom. The first-order chi connectivity index (χ1) is 13.0. The van der Waals surface area contributed by atoms with Crippen LogP contribution in [0.2, 0.25) is 0 Å². The molecule has 0 saturated heterocycles. The van der Waals surface area contributed by atoms with E-state index in [-0.39, 0.29) is 29.5 Å². The predicted molar refractivity (Wildman–Crippen MR) is 102 cm³/mol. The quantitative estimate of drug-likeness (QED) is 0.686. The first-order valence-electron chi connectivity index (χ1n) is 8.52. The zero-order valence-electron chi connectivity index (χ0n) is 14.8. The summed E-state index contributed by atoms with van der Waals surface area (Å²) in [6.45, 7) is 1.86. The van der Waals surface area contributed by atoms with Crippen LogP contribution < -0.4 is 5.32 Å². The van der Waals surface area contributed by atoms with Crippen LogP contribution in [0.5, 0.6) is 0 Å². The number of anilines is 1. The largest absolute Gasteiger partial charge is 0.469 e. The second-order valence-corrected chi connectivity index (χ2v) is 7.63. The number of hydrogen-bond donors (Lipinski definition) is 1. The van der Waals surface area contributed by atoms with Crippen LogP contribution in [0.3, 0.4) is 0 Å². The third kappa shape index (κ3) is 3.30. The fourth-order valence-corrected chi connectivity index (χ4v) is 4.08. The van der Waals surface area contributed by atoms with Crippen molar-refractivity contribution < 1.29 is 18.7 Å². The number of esters is 1. The summed E-state index contributed by atoms with van der Waals surface area (Å²) >= 11 is 1.35. The summed E-state index contributed by atoms with van der Waals surface area (Å²) in [6.07, 6.45) is 0.500. The average molecular weight is 384 g/mol. The Balaban J connectivity index is 1.57. The summed E-state index contributed by atoms with van der Waals surface area (Å²) in [5.74, 6) is -1.58. The highest BCUT2D eigenvalue weighted by molar-refractivity contribution is 7.22. The van der Waals surface area contributed by atoms with Crippen LogP contribution in [-0.2, 0) is 14.3 Å². The van der Waals surface area contributed by atoms with E-state index < -0.39 is 0 Å². The van der Waals surface area contributed by atoms with Crippen molar-refractivity contribution in [1.29, 1.82) is 0 Å². The molecule has 1 heterocycles. The smallest absolute Gasteiger partial charge is 0.309 e. The summed E-state index contributed by atoms with van der Waals surface area (Å²) < 4.78 is 19.8. The van der Waals surface area contributed by atoms with Gasteiger partial charge < -0.3 is 10.1 Å². The number of aryl methyl sites for hydroxylation is 1. The monoisotopic (exact) mass is 384 g/mol. The van der Waals surface area contributed by atoms with Crippen LogP contribution in [0, 0.1) is 24.6 Å². The molecule has 1 saturated carbocycles. The van der Waals surface area contributed by atoms with Crippen LogP contribution in [-0.4, -0.2) is 24.0 Å². The Morgan fingerprint density at radius 1 is 1.26 bits per heavy atom. The van der Waals surface area contributed by atoms with Gasteiger partial charge in [-0.3, -0.25) is 9.59 Å². The summed E-state index contributed by atoms with van der Waals surface area (Å²) in [5, 5.41) is 3.24. The SMILES string of the molecule is COC(=O)C1CC1C(=O)Nc1nc2cc(-c3c(C)cccc3F)ccc2s1. The van der Waals surface area contributed by atoms with Gasteiger partial charge in [0.05, 0.1) is 29.2 Å². The van der Waals surface area contributed by atoms with Gasteiger partial charge in [-0.2, -0.15) is 0 Å². The summed E-state index contributed by atoms with van der Waals surface area (Å²) in [4.78, 5) is 28.2. The summed E-state index contributed by atoms with van der Waals surface area (Å²) in [7, 11) is 1.32. The number of ether oxygens (including phenoxy) is 1. The van der Waals surface area contributed by atoms with Gasteiger partial charge >= 0.3 is 5.97 Å². The Kier molecular flexibility index (Phi) is 4.39. The molecule has 138 valence electrons. The fraction of sp³-hybridized carbons (Fsp3) is 0.250. The lowest BCUT2D eigenvalue weighted by molar-refractivity contribution is -0.143. The second-order valence-electron chi connectivity index (χ2n) is 6.59. The average Bonchev–Trinajstić information content (AvgIpc) is 3.35. The Hall–Kier alpha value is -2.80. The molecule has 2 aromatic carbocycles. The van der Waals surface area contributed by atoms with Crippen molar-refractivity contribution in [2.24, 2.45) is 11.8 Å². The van der Waals surface area contributed by atoms with E-state index in [2.05, 4.69) is 15.0 Å². The van der Waals surface area contributed by atoms with Gasteiger partial charge in [0.2, 0.25) is 5.91 Å². The van der Waals surface area contributed by atoms with Crippen LogP contribution in [0.25, 0.3) is 21.3 Å². The lowest BCUT2D eigenvalue weighted by Crippen LogP contribution is -2.17. The zero-order chi connectivity index (χ0) is 19.1. The van der Waals surface area contributed by atoms with Gasteiger partial charge in [0, 0.05) is 5.56 Å². The van der Waals surface area contributed by atoms with E-state index in [0.29, 0.717) is 22.6 Å². The van der Waals surface area contributed by atoms with Crippen LogP contribution in [0.1, 0.15) is 12.0 Å². The highest BCUT2D eigenvalue weighted by Crippen LogP contribution is 2.41. The number of rotatable bonds is 4. The van der Waals surface area contributed by atoms with Crippen LogP contribution in [0.15, 0.2) is 36.4 Å². The van der Waals surface area contributed by atoms with Crippen molar-refractivity contribution in [3.63, 3.8) is 0 Å². The minimum atomic E-state index is -0.361. The maximum atomic E-state index is 14.2. The zero-order valence-corrected chi connectivity index (χ0v) is 15.6. The number of aromatic nitrogens is 1.